The number of imide groups is 1. The van der Waals surface area contributed by atoms with Crippen molar-refractivity contribution in [2.24, 2.45) is 11.8 Å². The molecule has 0 bridgehead atoms. The van der Waals surface area contributed by atoms with Crippen LogP contribution in [0.15, 0.2) is 48.9 Å². The largest absolute Gasteiger partial charge is 0.367 e. The number of likely N-dealkylation sites (tertiary alicyclic amines) is 3. The van der Waals surface area contributed by atoms with Gasteiger partial charge in [-0.25, -0.2) is 15.0 Å². The molecule has 5 amide bonds. The number of nitrogens with zero attached hydrogens (tertiary/aromatic N) is 8. The predicted octanol–water partition coefficient (Wildman–Crippen LogP) is 6.91. The fourth-order valence-corrected chi connectivity index (χ4v) is 13.3. The molecule has 3 aromatic heterocycles. The number of fused-ring (bicyclic) bond motifs is 3. The van der Waals surface area contributed by atoms with Gasteiger partial charge >= 0.3 is 0 Å². The molecule has 4 aromatic rings. The Balaban J connectivity index is 0.697. The van der Waals surface area contributed by atoms with Gasteiger partial charge in [0.05, 0.1) is 34.8 Å². The van der Waals surface area contributed by atoms with Gasteiger partial charge in [-0.1, -0.05) is 24.6 Å². The maximum atomic E-state index is 15.2. The highest BCUT2D eigenvalue weighted by molar-refractivity contribution is 6.09. The second-order valence-corrected chi connectivity index (χ2v) is 22.5. The number of rotatable bonds is 11. The molecular weight excluding hydrogens is 895 g/mol. The summed E-state index contributed by atoms with van der Waals surface area (Å²) in [6.45, 7) is 8.72. The molecule has 16 nitrogen and oxygen atoms in total. The van der Waals surface area contributed by atoms with Gasteiger partial charge in [0.2, 0.25) is 29.5 Å². The first kappa shape index (κ1) is 46.2. The Bertz CT molecular complexity index is 2720. The number of benzene rings is 1. The summed E-state index contributed by atoms with van der Waals surface area (Å²) in [4.78, 5) is 90.8. The fraction of sp³-hybridized carbons (Fsp3) is 0.600. The molecule has 1 spiro atoms. The molecule has 12 rings (SSSR count). The van der Waals surface area contributed by atoms with Gasteiger partial charge < -0.3 is 34.8 Å². The number of anilines is 3. The van der Waals surface area contributed by atoms with Gasteiger partial charge in [-0.15, -0.1) is 0 Å². The van der Waals surface area contributed by atoms with Crippen molar-refractivity contribution in [3.8, 4) is 11.3 Å². The number of pyridine rings is 2. The molecule has 3 saturated carbocycles. The Morgan fingerprint density at radius 1 is 0.761 bits per heavy atom. The number of aromatic nitrogens is 4. The van der Waals surface area contributed by atoms with E-state index < -0.39 is 5.41 Å². The van der Waals surface area contributed by atoms with E-state index in [1.807, 2.05) is 28.3 Å². The van der Waals surface area contributed by atoms with Gasteiger partial charge in [0.1, 0.15) is 11.3 Å². The number of piperidine rings is 3. The Morgan fingerprint density at radius 2 is 1.51 bits per heavy atom. The van der Waals surface area contributed by atoms with Crippen molar-refractivity contribution in [2.45, 2.75) is 158 Å². The summed E-state index contributed by atoms with van der Waals surface area (Å²) in [6.07, 6.45) is 17.6. The molecule has 3 aliphatic carbocycles. The SMILES string of the molecule is CC(C)n1cnc2cc(-c3ccc4c(c3)N(C3CC(N5CCCCC5)C3)C(=O)C43CCN(C(=O)[C@@H]4CCN(C(=O)C5CCC(Nc6ccc(C7CCC(=O)NC7=O)cn6)CC5)C4)CC3)nc(NC3CC3)c21. The van der Waals surface area contributed by atoms with Crippen LogP contribution in [0.2, 0.25) is 0 Å². The number of hydrogen-bond acceptors (Lipinski definition) is 11. The van der Waals surface area contributed by atoms with Gasteiger partial charge in [0, 0.05) is 86.2 Å². The number of amides is 5. The first-order valence-corrected chi connectivity index (χ1v) is 27.0. The van der Waals surface area contributed by atoms with E-state index in [4.69, 9.17) is 9.97 Å². The van der Waals surface area contributed by atoms with Crippen LogP contribution in [0.4, 0.5) is 17.3 Å². The smallest absolute Gasteiger partial charge is 0.238 e. The van der Waals surface area contributed by atoms with Crippen LogP contribution in [0.25, 0.3) is 22.3 Å². The summed E-state index contributed by atoms with van der Waals surface area (Å²) in [5.74, 6) is 0.904. The molecule has 16 heteroatoms. The highest BCUT2D eigenvalue weighted by atomic mass is 16.2. The highest BCUT2D eigenvalue weighted by Crippen LogP contribution is 2.52. The maximum Gasteiger partial charge on any atom is 0.238 e. The number of carbonyl (C=O) groups is 5. The molecule has 8 aliphatic rings. The Labute approximate surface area is 416 Å². The normalized spacial score (nSPS) is 27.8. The summed E-state index contributed by atoms with van der Waals surface area (Å²) in [7, 11) is 0. The summed E-state index contributed by atoms with van der Waals surface area (Å²) < 4.78 is 2.19. The summed E-state index contributed by atoms with van der Waals surface area (Å²) in [5, 5.41) is 9.64. The van der Waals surface area contributed by atoms with Crippen LogP contribution < -0.4 is 20.9 Å². The van der Waals surface area contributed by atoms with Crippen LogP contribution in [0.5, 0.6) is 0 Å². The van der Waals surface area contributed by atoms with E-state index in [-0.39, 0.29) is 65.4 Å². The molecule has 374 valence electrons. The molecule has 1 unspecified atom stereocenters. The van der Waals surface area contributed by atoms with Crippen LogP contribution in [0.3, 0.4) is 0 Å². The number of imidazole rings is 1. The zero-order valence-corrected chi connectivity index (χ0v) is 41.4. The Kier molecular flexibility index (Phi) is 12.1. The van der Waals surface area contributed by atoms with E-state index in [0.717, 1.165) is 115 Å². The summed E-state index contributed by atoms with van der Waals surface area (Å²) in [5.41, 5.74) is 5.99. The molecule has 2 atom stereocenters. The summed E-state index contributed by atoms with van der Waals surface area (Å²) in [6, 6.07) is 14.0. The zero-order valence-electron chi connectivity index (χ0n) is 41.4. The Hall–Kier alpha value is -5.90. The third-order valence-corrected chi connectivity index (χ3v) is 17.7. The van der Waals surface area contributed by atoms with Crippen LogP contribution in [-0.4, -0.2) is 127 Å². The highest BCUT2D eigenvalue weighted by Gasteiger charge is 2.56. The number of nitrogens with one attached hydrogen (secondary N) is 3. The van der Waals surface area contributed by atoms with Crippen LogP contribution in [0.1, 0.15) is 140 Å². The maximum absolute atomic E-state index is 15.2. The molecule has 7 fully saturated rings. The molecule has 8 heterocycles. The van der Waals surface area contributed by atoms with Gasteiger partial charge in [0.25, 0.3) is 0 Å². The van der Waals surface area contributed by atoms with E-state index in [1.54, 1.807) is 6.20 Å². The molecule has 0 radical (unpaired) electrons. The van der Waals surface area contributed by atoms with E-state index in [9.17, 15) is 19.2 Å². The van der Waals surface area contributed by atoms with Crippen molar-refractivity contribution in [2.75, 3.05) is 54.8 Å². The molecule has 71 heavy (non-hydrogen) atoms. The third-order valence-electron chi connectivity index (χ3n) is 17.7. The standard InChI is InChI=1S/C55H69N11O5/c1-33(2)65-32-57-45-29-44(60-50(49(45)65)59-39-12-13-39)35-8-15-43-46(26-35)66(41-27-40(28-41)62-21-4-3-5-22-62)54(71)55(43)19-24-63(25-20-55)53(70)37-18-23-64(31-37)52(69)34-6-10-38(11-7-34)58-47-16-9-36(30-56-47)42-14-17-48(67)61-51(42)68/h8-9,15-16,26,29-30,32-34,37-42H,3-7,10-14,17-25,27-28,31H2,1-2H3,(H,56,58)(H,59,60)(H,61,67,68)/t34?,37-,38?,40?,41?,42?/m1/s1. The lowest BCUT2D eigenvalue weighted by molar-refractivity contribution is -0.140. The average molecular weight is 964 g/mol. The first-order valence-electron chi connectivity index (χ1n) is 27.0. The van der Waals surface area contributed by atoms with Gasteiger partial charge in [-0.3, -0.25) is 29.3 Å². The average Bonchev–Trinajstić information content (AvgIpc) is 3.76. The van der Waals surface area contributed by atoms with Crippen LogP contribution in [-0.2, 0) is 29.4 Å². The second kappa shape index (κ2) is 18.6. The van der Waals surface area contributed by atoms with Crippen molar-refractivity contribution in [1.29, 1.82) is 0 Å². The van der Waals surface area contributed by atoms with Crippen molar-refractivity contribution in [3.63, 3.8) is 0 Å². The zero-order chi connectivity index (χ0) is 48.5. The third kappa shape index (κ3) is 8.64. The van der Waals surface area contributed by atoms with Gasteiger partial charge in [-0.2, -0.15) is 0 Å². The fourth-order valence-electron chi connectivity index (χ4n) is 13.3. The topological polar surface area (TPSA) is 178 Å². The minimum absolute atomic E-state index is 0.0639. The lowest BCUT2D eigenvalue weighted by Gasteiger charge is -2.48. The van der Waals surface area contributed by atoms with E-state index in [1.165, 1.54) is 19.3 Å². The van der Waals surface area contributed by atoms with E-state index in [2.05, 4.69) is 73.4 Å². The summed E-state index contributed by atoms with van der Waals surface area (Å²) >= 11 is 0. The lowest BCUT2D eigenvalue weighted by Crippen LogP contribution is -2.58. The lowest BCUT2D eigenvalue weighted by atomic mass is 9.73. The monoisotopic (exact) mass is 964 g/mol. The molecule has 1 aromatic carbocycles. The number of carbonyl (C=O) groups excluding carboxylic acids is 5. The van der Waals surface area contributed by atoms with E-state index >= 15 is 4.79 Å². The molecule has 4 saturated heterocycles. The predicted molar refractivity (Wildman–Crippen MR) is 271 cm³/mol. The Morgan fingerprint density at radius 3 is 2.23 bits per heavy atom. The van der Waals surface area contributed by atoms with Crippen molar-refractivity contribution >= 4 is 57.9 Å². The minimum Gasteiger partial charge on any atom is -0.367 e. The molecule has 3 N–H and O–H groups in total. The van der Waals surface area contributed by atoms with E-state index in [0.29, 0.717) is 70.4 Å². The first-order chi connectivity index (χ1) is 34.5. The minimum atomic E-state index is -0.687. The quantitative estimate of drug-likeness (QED) is 0.133. The van der Waals surface area contributed by atoms with Crippen LogP contribution in [0, 0.1) is 11.8 Å². The van der Waals surface area contributed by atoms with Gasteiger partial charge in [-0.05, 0) is 146 Å². The molecular formula is C55H69N11O5. The van der Waals surface area contributed by atoms with Crippen LogP contribution >= 0.6 is 0 Å². The van der Waals surface area contributed by atoms with Crippen molar-refractivity contribution in [3.05, 3.63) is 60.0 Å². The number of hydrogen-bond donors (Lipinski definition) is 3. The van der Waals surface area contributed by atoms with Gasteiger partial charge in [0.15, 0.2) is 5.82 Å². The van der Waals surface area contributed by atoms with Crippen molar-refractivity contribution < 1.29 is 24.0 Å². The molecule has 5 aliphatic heterocycles. The van der Waals surface area contributed by atoms with Crippen molar-refractivity contribution in [1.82, 2.24) is 39.5 Å². The second-order valence-electron chi connectivity index (χ2n) is 22.5.